The Bertz CT molecular complexity index is 630. The maximum Gasteiger partial charge on any atom is 0.190 e. The molecule has 100 valence electrons. The van der Waals surface area contributed by atoms with Gasteiger partial charge in [0, 0.05) is 16.2 Å². The van der Waals surface area contributed by atoms with Gasteiger partial charge < -0.3 is 0 Å². The fraction of sp³-hybridized carbons (Fsp3) is 0.0588. The van der Waals surface area contributed by atoms with Gasteiger partial charge in [0.1, 0.15) is 0 Å². The lowest BCUT2D eigenvalue weighted by Gasteiger charge is -2.04. The first-order chi connectivity index (χ1) is 9.70. The van der Waals surface area contributed by atoms with E-state index in [4.69, 9.17) is 11.6 Å². The molecular weight excluding hydrogens is 270 g/mol. The van der Waals surface area contributed by atoms with Crippen LogP contribution in [0.1, 0.15) is 15.9 Å². The third-order valence-electron chi connectivity index (χ3n) is 2.82. The summed E-state index contributed by atoms with van der Waals surface area (Å²) in [4.78, 5) is 16.3. The second-order valence-corrected chi connectivity index (χ2v) is 4.73. The molecule has 2 rings (SSSR count). The minimum atomic E-state index is -0.0343. The Labute approximate surface area is 123 Å². The molecule has 2 nitrogen and oxygen atoms in total. The molecule has 0 aromatic heterocycles. The van der Waals surface area contributed by atoms with E-state index >= 15 is 0 Å². The minimum absolute atomic E-state index is 0.0343. The Balaban J connectivity index is 2.33. The highest BCUT2D eigenvalue weighted by Gasteiger charge is 2.11. The molecule has 0 radical (unpaired) electrons. The van der Waals surface area contributed by atoms with Crippen molar-refractivity contribution in [1.82, 2.24) is 0 Å². The van der Waals surface area contributed by atoms with Gasteiger partial charge in [-0.3, -0.25) is 9.79 Å². The minimum Gasteiger partial charge on any atom is -0.296 e. The number of hydrogen-bond acceptors (Lipinski definition) is 2. The number of Topliss-reactive ketones (excluding diaryl/α,β-unsaturated/α-hetero) is 1. The molecule has 0 aliphatic carbocycles. The van der Waals surface area contributed by atoms with Gasteiger partial charge in [-0.15, -0.1) is 0 Å². The molecule has 0 spiro atoms. The average Bonchev–Trinajstić information content (AvgIpc) is 2.49. The molecule has 0 atom stereocenters. The van der Waals surface area contributed by atoms with Crippen LogP contribution in [0.5, 0.6) is 0 Å². The van der Waals surface area contributed by atoms with Gasteiger partial charge in [-0.25, -0.2) is 0 Å². The van der Waals surface area contributed by atoms with Crippen molar-refractivity contribution in [1.29, 1.82) is 0 Å². The number of rotatable bonds is 5. The molecule has 20 heavy (non-hydrogen) atoms. The molecule has 0 N–H and O–H groups in total. The molecule has 0 saturated heterocycles. The lowest BCUT2D eigenvalue weighted by Crippen LogP contribution is -2.06. The predicted molar refractivity (Wildman–Crippen MR) is 84.6 cm³/mol. The van der Waals surface area contributed by atoms with Crippen molar-refractivity contribution < 1.29 is 4.79 Å². The number of carbonyl (C=O) groups is 1. The first-order valence-electron chi connectivity index (χ1n) is 6.19. The molecule has 0 saturated carbocycles. The van der Waals surface area contributed by atoms with Crippen LogP contribution in [-0.4, -0.2) is 19.0 Å². The van der Waals surface area contributed by atoms with Crippen LogP contribution in [0, 0.1) is 0 Å². The molecule has 2 aromatic rings. The number of hydrogen-bond donors (Lipinski definition) is 0. The van der Waals surface area contributed by atoms with Gasteiger partial charge in [0.15, 0.2) is 5.78 Å². The van der Waals surface area contributed by atoms with Crippen LogP contribution in [0.15, 0.2) is 65.2 Å². The largest absolute Gasteiger partial charge is 0.296 e. The van der Waals surface area contributed by atoms with Gasteiger partial charge >= 0.3 is 0 Å². The molecule has 0 unspecified atom stereocenters. The fourth-order valence-corrected chi connectivity index (χ4v) is 1.96. The van der Waals surface area contributed by atoms with E-state index in [2.05, 4.69) is 11.7 Å². The average molecular weight is 284 g/mol. The van der Waals surface area contributed by atoms with Crippen LogP contribution in [-0.2, 0) is 0 Å². The van der Waals surface area contributed by atoms with Crippen molar-refractivity contribution in [2.45, 2.75) is 0 Å². The molecule has 0 fully saturated rings. The zero-order valence-corrected chi connectivity index (χ0v) is 11.7. The van der Waals surface area contributed by atoms with Crippen LogP contribution in [0.4, 0.5) is 0 Å². The fourth-order valence-electron chi connectivity index (χ4n) is 1.84. The van der Waals surface area contributed by atoms with E-state index in [1.54, 1.807) is 24.3 Å². The van der Waals surface area contributed by atoms with E-state index in [1.807, 2.05) is 36.4 Å². The number of carbonyl (C=O) groups excluding carboxylic acids is 1. The van der Waals surface area contributed by atoms with Crippen molar-refractivity contribution in [2.24, 2.45) is 4.99 Å². The standard InChI is InChI=1S/C17H14ClNO/c1-19-12-15(11-13-7-9-16(18)10-8-13)17(20)14-5-3-2-4-6-14/h2-11H,1,12H2/b15-11+. The first kappa shape index (κ1) is 14.2. The number of halogens is 1. The summed E-state index contributed by atoms with van der Waals surface area (Å²) in [7, 11) is 0. The smallest absolute Gasteiger partial charge is 0.190 e. The highest BCUT2D eigenvalue weighted by molar-refractivity contribution is 6.30. The molecule has 0 bridgehead atoms. The summed E-state index contributed by atoms with van der Waals surface area (Å²) in [5.41, 5.74) is 2.17. The highest BCUT2D eigenvalue weighted by atomic mass is 35.5. The van der Waals surface area contributed by atoms with E-state index in [0.29, 0.717) is 16.2 Å². The number of aliphatic imine (C=N–C) groups is 1. The zero-order valence-electron chi connectivity index (χ0n) is 10.9. The Morgan fingerprint density at radius 1 is 1.10 bits per heavy atom. The SMILES string of the molecule is C=NC/C(=C\c1ccc(Cl)cc1)C(=O)c1ccccc1. The number of ketones is 1. The van der Waals surface area contributed by atoms with E-state index in [1.165, 1.54) is 0 Å². The topological polar surface area (TPSA) is 29.4 Å². The maximum absolute atomic E-state index is 12.4. The Morgan fingerprint density at radius 3 is 2.35 bits per heavy atom. The summed E-state index contributed by atoms with van der Waals surface area (Å²) in [5.74, 6) is -0.0343. The summed E-state index contributed by atoms with van der Waals surface area (Å²) >= 11 is 5.85. The van der Waals surface area contributed by atoms with Crippen molar-refractivity contribution >= 4 is 30.2 Å². The van der Waals surface area contributed by atoms with Crippen molar-refractivity contribution in [2.75, 3.05) is 6.54 Å². The van der Waals surface area contributed by atoms with Crippen LogP contribution >= 0.6 is 11.6 Å². The van der Waals surface area contributed by atoms with Gasteiger partial charge in [-0.05, 0) is 30.5 Å². The second kappa shape index (κ2) is 6.83. The molecule has 2 aromatic carbocycles. The highest BCUT2D eigenvalue weighted by Crippen LogP contribution is 2.15. The van der Waals surface area contributed by atoms with Crippen molar-refractivity contribution in [3.8, 4) is 0 Å². The molecule has 0 heterocycles. The summed E-state index contributed by atoms with van der Waals surface area (Å²) in [6.07, 6.45) is 1.82. The van der Waals surface area contributed by atoms with Gasteiger partial charge in [0.05, 0.1) is 6.54 Å². The monoisotopic (exact) mass is 283 g/mol. The van der Waals surface area contributed by atoms with Crippen LogP contribution in [0.3, 0.4) is 0 Å². The van der Waals surface area contributed by atoms with Gasteiger partial charge in [-0.1, -0.05) is 54.1 Å². The van der Waals surface area contributed by atoms with E-state index in [9.17, 15) is 4.79 Å². The van der Waals surface area contributed by atoms with Gasteiger partial charge in [0.25, 0.3) is 0 Å². The first-order valence-corrected chi connectivity index (χ1v) is 6.57. The van der Waals surface area contributed by atoms with Crippen LogP contribution in [0.2, 0.25) is 5.02 Å². The van der Waals surface area contributed by atoms with Gasteiger partial charge in [0.2, 0.25) is 0 Å². The Kier molecular flexibility index (Phi) is 4.85. The Hall–Kier alpha value is -2.19. The predicted octanol–water partition coefficient (Wildman–Crippen LogP) is 4.31. The second-order valence-electron chi connectivity index (χ2n) is 4.30. The normalized spacial score (nSPS) is 11.2. The number of benzene rings is 2. The summed E-state index contributed by atoms with van der Waals surface area (Å²) in [5, 5.41) is 0.667. The zero-order chi connectivity index (χ0) is 14.4. The van der Waals surface area contributed by atoms with Gasteiger partial charge in [-0.2, -0.15) is 0 Å². The van der Waals surface area contributed by atoms with Crippen molar-refractivity contribution in [3.63, 3.8) is 0 Å². The van der Waals surface area contributed by atoms with Crippen LogP contribution in [0.25, 0.3) is 6.08 Å². The van der Waals surface area contributed by atoms with Crippen LogP contribution < -0.4 is 0 Å². The third-order valence-corrected chi connectivity index (χ3v) is 3.07. The molecule has 0 aliphatic rings. The Morgan fingerprint density at radius 2 is 1.75 bits per heavy atom. The van der Waals surface area contributed by atoms with E-state index in [-0.39, 0.29) is 12.3 Å². The van der Waals surface area contributed by atoms with E-state index in [0.717, 1.165) is 5.56 Å². The summed E-state index contributed by atoms with van der Waals surface area (Å²) < 4.78 is 0. The van der Waals surface area contributed by atoms with E-state index < -0.39 is 0 Å². The molecule has 0 aliphatic heterocycles. The van der Waals surface area contributed by atoms with Crippen molar-refractivity contribution in [3.05, 3.63) is 76.3 Å². The molecule has 0 amide bonds. The quantitative estimate of drug-likeness (QED) is 0.457. The maximum atomic E-state index is 12.4. The lowest BCUT2D eigenvalue weighted by molar-refractivity contribution is 0.103. The summed E-state index contributed by atoms with van der Waals surface area (Å²) in [6, 6.07) is 16.5. The molecular formula is C17H14ClNO. The lowest BCUT2D eigenvalue weighted by atomic mass is 10.0. The molecule has 3 heteroatoms. The third kappa shape index (κ3) is 3.65. The summed E-state index contributed by atoms with van der Waals surface area (Å²) in [6.45, 7) is 3.76. The number of nitrogens with zero attached hydrogens (tertiary/aromatic N) is 1.